The molecule has 0 spiro atoms. The number of carbonyl (C=O) groups excluding carboxylic acids is 2. The number of nitrogens with two attached hydrogens (primary N) is 1. The summed E-state index contributed by atoms with van der Waals surface area (Å²) in [6, 6.07) is 4.63. The second-order valence-electron chi connectivity index (χ2n) is 4.94. The van der Waals surface area contributed by atoms with Crippen LogP contribution in [0.5, 0.6) is 0 Å². The molecule has 1 fully saturated rings. The highest BCUT2D eigenvalue weighted by molar-refractivity contribution is 7.90. The Morgan fingerprint density at radius 3 is 2.36 bits per heavy atom. The van der Waals surface area contributed by atoms with E-state index in [0.717, 1.165) is 24.8 Å². The average Bonchev–Trinajstić information content (AvgIpc) is 2.45. The number of benzene rings is 1. The van der Waals surface area contributed by atoms with Crippen molar-refractivity contribution in [2.75, 3.05) is 5.32 Å². The summed E-state index contributed by atoms with van der Waals surface area (Å²) in [5.41, 5.74) is 6.20. The molecule has 0 heterocycles. The predicted octanol–water partition coefficient (Wildman–Crippen LogP) is 1.48. The van der Waals surface area contributed by atoms with Gasteiger partial charge in [-0.15, -0.1) is 0 Å². The third-order valence-corrected chi connectivity index (χ3v) is 4.63. The van der Waals surface area contributed by atoms with Crippen LogP contribution >= 0.6 is 0 Å². The fourth-order valence-electron chi connectivity index (χ4n) is 2.15. The average molecular weight is 323 g/mol. The molecular formula is C14H17N3O4S. The highest BCUT2D eigenvalue weighted by Crippen LogP contribution is 2.20. The highest BCUT2D eigenvalue weighted by Gasteiger charge is 2.16. The van der Waals surface area contributed by atoms with Crippen molar-refractivity contribution in [2.45, 2.75) is 30.6 Å². The van der Waals surface area contributed by atoms with Crippen LogP contribution in [0.3, 0.4) is 0 Å². The van der Waals surface area contributed by atoms with Crippen molar-refractivity contribution in [3.05, 3.63) is 36.0 Å². The molecule has 7 nitrogen and oxygen atoms in total. The maximum Gasteiger partial charge on any atom is 0.326 e. The van der Waals surface area contributed by atoms with Crippen LogP contribution in [0.25, 0.3) is 0 Å². The van der Waals surface area contributed by atoms with E-state index in [4.69, 9.17) is 5.73 Å². The lowest BCUT2D eigenvalue weighted by atomic mass is 9.94. The molecule has 4 N–H and O–H groups in total. The summed E-state index contributed by atoms with van der Waals surface area (Å²) in [4.78, 5) is 22.2. The molecule has 1 aliphatic carbocycles. The Balaban J connectivity index is 2.08. The molecule has 22 heavy (non-hydrogen) atoms. The van der Waals surface area contributed by atoms with Gasteiger partial charge in [0.15, 0.2) is 5.78 Å². The number of ketones is 1. The van der Waals surface area contributed by atoms with Gasteiger partial charge in [0.05, 0.1) is 4.90 Å². The van der Waals surface area contributed by atoms with E-state index in [9.17, 15) is 18.0 Å². The van der Waals surface area contributed by atoms with E-state index in [1.807, 2.05) is 0 Å². The molecular weight excluding hydrogens is 306 g/mol. The second-order valence-corrected chi connectivity index (χ2v) is 6.62. The molecule has 1 aliphatic rings. The van der Waals surface area contributed by atoms with E-state index >= 15 is 0 Å². The van der Waals surface area contributed by atoms with E-state index in [1.54, 1.807) is 23.1 Å². The third-order valence-electron chi connectivity index (χ3n) is 3.27. The zero-order valence-corrected chi connectivity index (χ0v) is 12.7. The van der Waals surface area contributed by atoms with E-state index in [1.165, 1.54) is 12.1 Å². The number of urea groups is 1. The number of anilines is 1. The minimum absolute atomic E-state index is 0.0711. The van der Waals surface area contributed by atoms with E-state index in [0.29, 0.717) is 12.1 Å². The number of primary amides is 1. The number of hydrogen-bond donors (Lipinski definition) is 3. The van der Waals surface area contributed by atoms with Crippen LogP contribution in [-0.4, -0.2) is 20.2 Å². The topological polar surface area (TPSA) is 118 Å². The van der Waals surface area contributed by atoms with Crippen molar-refractivity contribution in [3.8, 4) is 0 Å². The van der Waals surface area contributed by atoms with Crippen LogP contribution in [0.1, 0.15) is 25.7 Å². The normalized spacial score (nSPS) is 17.3. The standard InChI is InChI=1S/C14H17N3O4S/c15-14(19)17-22(20,21)12-7-5-11(6-8-12)16-9-10-3-1-2-4-13(10)18/h5-9,16H,1-4H2,(H3,15,17,19)/b10-9-. The van der Waals surface area contributed by atoms with Gasteiger partial charge < -0.3 is 11.1 Å². The van der Waals surface area contributed by atoms with Gasteiger partial charge in [0.25, 0.3) is 10.0 Å². The van der Waals surface area contributed by atoms with E-state index in [2.05, 4.69) is 5.32 Å². The van der Waals surface area contributed by atoms with Crippen molar-refractivity contribution in [3.63, 3.8) is 0 Å². The zero-order chi connectivity index (χ0) is 16.2. The van der Waals surface area contributed by atoms with Crippen LogP contribution in [-0.2, 0) is 14.8 Å². The van der Waals surface area contributed by atoms with Crippen LogP contribution in [0.2, 0.25) is 0 Å². The zero-order valence-electron chi connectivity index (χ0n) is 11.8. The predicted molar refractivity (Wildman–Crippen MR) is 81.5 cm³/mol. The summed E-state index contributed by atoms with van der Waals surface area (Å²) < 4.78 is 25.1. The fraction of sp³-hybridized carbons (Fsp3) is 0.286. The van der Waals surface area contributed by atoms with Crippen LogP contribution in [0.15, 0.2) is 40.9 Å². The summed E-state index contributed by atoms with van der Waals surface area (Å²) in [6.45, 7) is 0. The molecule has 2 amide bonds. The number of carbonyl (C=O) groups is 2. The molecule has 0 bridgehead atoms. The third kappa shape index (κ3) is 4.08. The minimum atomic E-state index is -3.94. The maximum absolute atomic E-state index is 11.7. The number of nitrogens with one attached hydrogen (secondary N) is 2. The lowest BCUT2D eigenvalue weighted by Gasteiger charge is -2.13. The summed E-state index contributed by atoms with van der Waals surface area (Å²) in [5.74, 6) is 0.142. The number of hydrogen-bond acceptors (Lipinski definition) is 5. The Morgan fingerprint density at radius 1 is 1.14 bits per heavy atom. The fourth-order valence-corrected chi connectivity index (χ4v) is 3.02. The lowest BCUT2D eigenvalue weighted by molar-refractivity contribution is -0.116. The lowest BCUT2D eigenvalue weighted by Crippen LogP contribution is -2.34. The molecule has 2 rings (SSSR count). The molecule has 8 heteroatoms. The van der Waals surface area contributed by atoms with Crippen LogP contribution < -0.4 is 15.8 Å². The Bertz CT molecular complexity index is 708. The first kappa shape index (κ1) is 16.0. The van der Waals surface area contributed by atoms with Gasteiger partial charge in [-0.3, -0.25) is 4.79 Å². The summed E-state index contributed by atoms with van der Waals surface area (Å²) >= 11 is 0. The van der Waals surface area contributed by atoms with E-state index in [-0.39, 0.29) is 10.7 Å². The first-order valence-electron chi connectivity index (χ1n) is 6.79. The van der Waals surface area contributed by atoms with Crippen molar-refractivity contribution in [1.82, 2.24) is 4.72 Å². The summed E-state index contributed by atoms with van der Waals surface area (Å²) in [6.07, 6.45) is 4.90. The van der Waals surface area contributed by atoms with Crippen molar-refractivity contribution in [2.24, 2.45) is 5.73 Å². The number of amides is 2. The Morgan fingerprint density at radius 2 is 1.77 bits per heavy atom. The number of sulfonamides is 1. The SMILES string of the molecule is NC(=O)NS(=O)(=O)c1ccc(N/C=C2/CCCCC2=O)cc1. The molecule has 0 aliphatic heterocycles. The Kier molecular flexibility index (Phi) is 4.81. The van der Waals surface area contributed by atoms with Gasteiger partial charge >= 0.3 is 6.03 Å². The first-order chi connectivity index (χ1) is 10.4. The van der Waals surface area contributed by atoms with Gasteiger partial charge in [-0.05, 0) is 43.5 Å². The molecule has 0 radical (unpaired) electrons. The van der Waals surface area contributed by atoms with Gasteiger partial charge in [0, 0.05) is 23.9 Å². The van der Waals surface area contributed by atoms with Gasteiger partial charge in [-0.1, -0.05) is 0 Å². The molecule has 1 saturated carbocycles. The minimum Gasteiger partial charge on any atom is -0.361 e. The van der Waals surface area contributed by atoms with Gasteiger partial charge in [-0.25, -0.2) is 17.9 Å². The highest BCUT2D eigenvalue weighted by atomic mass is 32.2. The molecule has 0 saturated heterocycles. The number of rotatable bonds is 4. The molecule has 0 atom stereocenters. The van der Waals surface area contributed by atoms with Crippen molar-refractivity contribution < 1.29 is 18.0 Å². The second kappa shape index (κ2) is 6.61. The van der Waals surface area contributed by atoms with E-state index < -0.39 is 16.1 Å². The van der Waals surface area contributed by atoms with Crippen LogP contribution in [0, 0.1) is 0 Å². The smallest absolute Gasteiger partial charge is 0.326 e. The molecule has 118 valence electrons. The Labute approximate surface area is 128 Å². The quantitative estimate of drug-likeness (QED) is 0.725. The summed E-state index contributed by atoms with van der Waals surface area (Å²) in [5, 5.41) is 2.97. The van der Waals surface area contributed by atoms with Crippen molar-refractivity contribution >= 4 is 27.5 Å². The first-order valence-corrected chi connectivity index (χ1v) is 8.28. The summed E-state index contributed by atoms with van der Waals surface area (Å²) in [7, 11) is -3.94. The molecule has 0 unspecified atom stereocenters. The maximum atomic E-state index is 11.7. The van der Waals surface area contributed by atoms with Gasteiger partial charge in [-0.2, -0.15) is 0 Å². The Hall–Kier alpha value is -2.35. The largest absolute Gasteiger partial charge is 0.361 e. The number of Topliss-reactive ketones (excluding diaryl/α,β-unsaturated/α-hetero) is 1. The monoisotopic (exact) mass is 323 g/mol. The molecule has 0 aromatic heterocycles. The molecule has 1 aromatic carbocycles. The molecule has 1 aromatic rings. The van der Waals surface area contributed by atoms with Crippen LogP contribution in [0.4, 0.5) is 10.5 Å². The van der Waals surface area contributed by atoms with Gasteiger partial charge in [0.1, 0.15) is 0 Å². The van der Waals surface area contributed by atoms with Gasteiger partial charge in [0.2, 0.25) is 0 Å². The number of allylic oxidation sites excluding steroid dienone is 1. The van der Waals surface area contributed by atoms with Crippen molar-refractivity contribution in [1.29, 1.82) is 0 Å².